The molecule has 49 heavy (non-hydrogen) atoms. The van der Waals surface area contributed by atoms with Crippen molar-refractivity contribution in [3.8, 4) is 5.75 Å². The van der Waals surface area contributed by atoms with E-state index < -0.39 is 66.3 Å². The van der Waals surface area contributed by atoms with E-state index in [4.69, 9.17) is 9.15 Å². The maximum atomic E-state index is 14.2. The number of carboxylic acids is 1. The minimum Gasteiger partial charge on any atom is -0.485 e. The van der Waals surface area contributed by atoms with Gasteiger partial charge in [-0.15, -0.1) is 5.10 Å². The number of nitrogens with zero attached hydrogens (tertiary/aromatic N) is 4. The van der Waals surface area contributed by atoms with Crippen LogP contribution in [0, 0.1) is 6.92 Å². The number of rotatable bonds is 14. The van der Waals surface area contributed by atoms with Gasteiger partial charge in [-0.2, -0.15) is 0 Å². The first-order chi connectivity index (χ1) is 23.6. The number of piperidine rings is 1. The number of hydrogen-bond donors (Lipinski definition) is 4. The number of fused-ring (bicyclic) bond motifs is 1. The number of benzene rings is 2. The average Bonchev–Trinajstić information content (AvgIpc) is 3.61. The van der Waals surface area contributed by atoms with E-state index in [1.807, 2.05) is 30.3 Å². The summed E-state index contributed by atoms with van der Waals surface area (Å²) in [6.07, 6.45) is 1.00. The van der Waals surface area contributed by atoms with E-state index in [0.29, 0.717) is 29.6 Å². The van der Waals surface area contributed by atoms with Gasteiger partial charge in [0.15, 0.2) is 5.78 Å². The number of amides is 3. The molecule has 3 heterocycles. The van der Waals surface area contributed by atoms with Crippen molar-refractivity contribution in [2.75, 3.05) is 13.2 Å². The number of Topliss-reactive ketones (excluding diaryl/α,β-unsaturated/α-hetero) is 1. The van der Waals surface area contributed by atoms with Gasteiger partial charge in [-0.3, -0.25) is 24.0 Å². The molecule has 1 aliphatic heterocycles. The number of aryl methyl sites for hydroxylation is 2. The van der Waals surface area contributed by atoms with Gasteiger partial charge in [-0.05, 0) is 59.9 Å². The number of aromatic amines is 1. The van der Waals surface area contributed by atoms with Crippen LogP contribution in [-0.2, 0) is 25.6 Å². The van der Waals surface area contributed by atoms with Crippen LogP contribution in [0.5, 0.6) is 5.75 Å². The van der Waals surface area contributed by atoms with Crippen molar-refractivity contribution in [2.24, 2.45) is 0 Å². The van der Waals surface area contributed by atoms with Gasteiger partial charge in [-0.25, -0.2) is 9.89 Å². The lowest BCUT2D eigenvalue weighted by atomic mass is 9.97. The van der Waals surface area contributed by atoms with E-state index in [1.54, 1.807) is 12.1 Å². The summed E-state index contributed by atoms with van der Waals surface area (Å²) >= 11 is 0. The Labute approximate surface area is 279 Å². The highest BCUT2D eigenvalue weighted by Gasteiger charge is 2.38. The Morgan fingerprint density at radius 2 is 1.86 bits per heavy atom. The molecule has 4 N–H and O–H groups in total. The third-order valence-corrected chi connectivity index (χ3v) is 8.12. The zero-order valence-electron chi connectivity index (χ0n) is 26.6. The number of H-pyrrole nitrogens is 1. The average molecular weight is 674 g/mol. The monoisotopic (exact) mass is 673 g/mol. The molecule has 0 unspecified atom stereocenters. The SMILES string of the molecule is Cc1cc(OCC(=O)[C@H](CC(=O)O)NC(=O)[C@@H]2CCCCN2C(=O)[C@H](CCc2nnn[nH]2)NC(=O)c2cccc3ccccc23)cc(=O)o1. The van der Waals surface area contributed by atoms with Crippen LogP contribution >= 0.6 is 0 Å². The van der Waals surface area contributed by atoms with E-state index in [0.717, 1.165) is 11.5 Å². The predicted molar refractivity (Wildman–Crippen MR) is 171 cm³/mol. The van der Waals surface area contributed by atoms with Crippen LogP contribution in [0.15, 0.2) is 63.8 Å². The highest BCUT2D eigenvalue weighted by molar-refractivity contribution is 6.08. The zero-order valence-corrected chi connectivity index (χ0v) is 26.6. The number of ketones is 1. The normalized spacial score (nSPS) is 15.6. The quantitative estimate of drug-likeness (QED) is 0.149. The molecule has 2 aromatic carbocycles. The van der Waals surface area contributed by atoms with E-state index in [1.165, 1.54) is 17.9 Å². The van der Waals surface area contributed by atoms with Gasteiger partial charge in [0.25, 0.3) is 5.91 Å². The van der Waals surface area contributed by atoms with E-state index in [-0.39, 0.29) is 37.3 Å². The second-order valence-electron chi connectivity index (χ2n) is 11.6. The number of ether oxygens (including phenoxy) is 1. The van der Waals surface area contributed by atoms with E-state index in [2.05, 4.69) is 31.3 Å². The third kappa shape index (κ3) is 8.91. The third-order valence-electron chi connectivity index (χ3n) is 8.12. The standard InChI is InChI=1S/C33H35N7O9/c1-19-15-21(16-30(44)49-19)48-18-27(41)25(17-29(42)43)35-32(46)26-11-4-5-14-40(26)33(47)24(12-13-28-36-38-39-37-28)34-31(45)23-10-6-8-20-7-2-3-9-22(20)23/h2-3,6-10,15-16,24-26H,4-5,11-14,17-18H2,1H3,(H,34,45)(H,35,46)(H,42,43)(H,36,37,38,39)/t24-,25-,26-/m0/s1. The summed E-state index contributed by atoms with van der Waals surface area (Å²) in [7, 11) is 0. The Morgan fingerprint density at radius 3 is 2.61 bits per heavy atom. The summed E-state index contributed by atoms with van der Waals surface area (Å²) in [4.78, 5) is 79.2. The first-order valence-corrected chi connectivity index (χ1v) is 15.7. The number of likely N-dealkylation sites (tertiary alicyclic amines) is 1. The van der Waals surface area contributed by atoms with E-state index >= 15 is 0 Å². The molecule has 0 radical (unpaired) electrons. The number of aliphatic carboxylic acids is 1. The fourth-order valence-corrected chi connectivity index (χ4v) is 5.75. The molecular weight excluding hydrogens is 638 g/mol. The van der Waals surface area contributed by atoms with Crippen LogP contribution in [-0.4, -0.2) is 91.4 Å². The number of nitrogens with one attached hydrogen (secondary N) is 3. The van der Waals surface area contributed by atoms with E-state index in [9.17, 15) is 33.9 Å². The fraction of sp³-hybridized carbons (Fsp3) is 0.364. The molecule has 16 heteroatoms. The molecule has 0 bridgehead atoms. The number of carbonyl (C=O) groups is 5. The van der Waals surface area contributed by atoms with Crippen LogP contribution in [0.25, 0.3) is 10.8 Å². The van der Waals surface area contributed by atoms with Gasteiger partial charge < -0.3 is 29.8 Å². The van der Waals surface area contributed by atoms with Crippen molar-refractivity contribution in [1.82, 2.24) is 36.2 Å². The summed E-state index contributed by atoms with van der Waals surface area (Å²) in [5.74, 6) is -3.14. The summed E-state index contributed by atoms with van der Waals surface area (Å²) < 4.78 is 10.3. The molecule has 3 atom stereocenters. The lowest BCUT2D eigenvalue weighted by Crippen LogP contribution is -2.59. The zero-order chi connectivity index (χ0) is 34.9. The molecule has 1 saturated heterocycles. The van der Waals surface area contributed by atoms with Gasteiger partial charge in [0.2, 0.25) is 11.8 Å². The van der Waals surface area contributed by atoms with Crippen LogP contribution in [0.4, 0.5) is 0 Å². The predicted octanol–water partition coefficient (Wildman–Crippen LogP) is 1.33. The number of hydrogen-bond acceptors (Lipinski definition) is 11. The molecular formula is C33H35N7O9. The maximum absolute atomic E-state index is 14.2. The maximum Gasteiger partial charge on any atom is 0.339 e. The minimum absolute atomic E-state index is 0.0456. The van der Waals surface area contributed by atoms with Crippen molar-refractivity contribution in [3.63, 3.8) is 0 Å². The lowest BCUT2D eigenvalue weighted by Gasteiger charge is -2.37. The lowest BCUT2D eigenvalue weighted by molar-refractivity contribution is -0.146. The first-order valence-electron chi connectivity index (χ1n) is 15.7. The Balaban J connectivity index is 1.33. The van der Waals surface area contributed by atoms with Gasteiger partial charge in [0.05, 0.1) is 12.5 Å². The molecule has 256 valence electrons. The first kappa shape index (κ1) is 34.4. The summed E-state index contributed by atoms with van der Waals surface area (Å²) in [6.45, 7) is 1.08. The van der Waals surface area contributed by atoms with Crippen LogP contribution in [0.1, 0.15) is 54.0 Å². The number of carbonyl (C=O) groups excluding carboxylic acids is 4. The molecule has 1 aliphatic rings. The minimum atomic E-state index is -1.48. The van der Waals surface area contributed by atoms with Crippen molar-refractivity contribution in [3.05, 3.63) is 82.2 Å². The van der Waals surface area contributed by atoms with Gasteiger partial charge >= 0.3 is 11.6 Å². The van der Waals surface area contributed by atoms with Gasteiger partial charge in [0.1, 0.15) is 42.1 Å². The molecule has 1 fully saturated rings. The molecule has 5 rings (SSSR count). The number of carboxylic acid groups (broad SMARTS) is 1. The highest BCUT2D eigenvalue weighted by atomic mass is 16.5. The Bertz CT molecular complexity index is 1890. The number of tetrazole rings is 1. The molecule has 3 amide bonds. The van der Waals surface area contributed by atoms with Crippen LogP contribution in [0.2, 0.25) is 0 Å². The topological polar surface area (TPSA) is 227 Å². The molecule has 2 aromatic heterocycles. The number of aromatic nitrogens is 4. The summed E-state index contributed by atoms with van der Waals surface area (Å²) in [5.41, 5.74) is -0.321. The second kappa shape index (κ2) is 15.8. The molecule has 0 saturated carbocycles. The Hall–Kier alpha value is -5.93. The van der Waals surface area contributed by atoms with Crippen molar-refractivity contribution >= 4 is 40.2 Å². The summed E-state index contributed by atoms with van der Waals surface area (Å²) in [5, 5.41) is 30.0. The van der Waals surface area contributed by atoms with Gasteiger partial charge in [-0.1, -0.05) is 36.4 Å². The second-order valence-corrected chi connectivity index (χ2v) is 11.6. The Morgan fingerprint density at radius 1 is 1.06 bits per heavy atom. The smallest absolute Gasteiger partial charge is 0.339 e. The van der Waals surface area contributed by atoms with Crippen molar-refractivity contribution < 1.29 is 38.2 Å². The highest BCUT2D eigenvalue weighted by Crippen LogP contribution is 2.22. The fourth-order valence-electron chi connectivity index (χ4n) is 5.75. The van der Waals surface area contributed by atoms with Crippen molar-refractivity contribution in [1.29, 1.82) is 0 Å². The van der Waals surface area contributed by atoms with Gasteiger partial charge in [0, 0.05) is 24.6 Å². The molecule has 0 aliphatic carbocycles. The molecule has 16 nitrogen and oxygen atoms in total. The van der Waals surface area contributed by atoms with Crippen LogP contribution in [0.3, 0.4) is 0 Å². The Kier molecular flexibility index (Phi) is 11.1. The van der Waals surface area contributed by atoms with Crippen LogP contribution < -0.4 is 21.0 Å². The molecule has 4 aromatic rings. The van der Waals surface area contributed by atoms with Crippen molar-refractivity contribution in [2.45, 2.75) is 63.6 Å². The summed E-state index contributed by atoms with van der Waals surface area (Å²) in [6, 6.07) is 11.4. The molecule has 0 spiro atoms. The largest absolute Gasteiger partial charge is 0.485 e.